The van der Waals surface area contributed by atoms with Gasteiger partial charge in [0.15, 0.2) is 0 Å². The Morgan fingerprint density at radius 1 is 1.38 bits per heavy atom. The monoisotopic (exact) mass is 221 g/mol. The number of amides is 1. The molecule has 88 valence electrons. The maximum atomic E-state index is 11.7. The summed E-state index contributed by atoms with van der Waals surface area (Å²) in [6.45, 7) is 0. The van der Waals surface area contributed by atoms with E-state index < -0.39 is 0 Å². The van der Waals surface area contributed by atoms with Crippen LogP contribution in [0.15, 0.2) is 12.4 Å². The summed E-state index contributed by atoms with van der Waals surface area (Å²) >= 11 is 0. The van der Waals surface area contributed by atoms with Crippen LogP contribution in [0.4, 0.5) is 5.95 Å². The maximum Gasteiger partial charge on any atom is 0.226 e. The third kappa shape index (κ3) is 3.36. The average molecular weight is 221 g/mol. The van der Waals surface area contributed by atoms with Gasteiger partial charge in [-0.15, -0.1) is 0 Å². The number of hydrogen-bond donors (Lipinski definition) is 2. The SMILES string of the molecule is O=C(CC1CCCCCC1)Nc1ncc[nH]1. The Labute approximate surface area is 95.9 Å². The van der Waals surface area contributed by atoms with Gasteiger partial charge < -0.3 is 4.98 Å². The highest BCUT2D eigenvalue weighted by atomic mass is 16.1. The van der Waals surface area contributed by atoms with E-state index in [4.69, 9.17) is 0 Å². The largest absolute Gasteiger partial charge is 0.331 e. The normalized spacial score (nSPS) is 18.0. The molecule has 0 saturated heterocycles. The Morgan fingerprint density at radius 3 is 2.75 bits per heavy atom. The van der Waals surface area contributed by atoms with Crippen molar-refractivity contribution in [3.8, 4) is 0 Å². The fourth-order valence-corrected chi connectivity index (χ4v) is 2.35. The second kappa shape index (κ2) is 5.68. The lowest BCUT2D eigenvalue weighted by Gasteiger charge is -2.12. The first-order valence-electron chi connectivity index (χ1n) is 6.14. The summed E-state index contributed by atoms with van der Waals surface area (Å²) in [6.07, 6.45) is 11.6. The number of aromatic nitrogens is 2. The van der Waals surface area contributed by atoms with E-state index in [1.165, 1.54) is 38.5 Å². The van der Waals surface area contributed by atoms with Gasteiger partial charge in [-0.25, -0.2) is 4.98 Å². The van der Waals surface area contributed by atoms with Gasteiger partial charge >= 0.3 is 0 Å². The smallest absolute Gasteiger partial charge is 0.226 e. The highest BCUT2D eigenvalue weighted by molar-refractivity contribution is 5.89. The van der Waals surface area contributed by atoms with Crippen molar-refractivity contribution < 1.29 is 4.79 Å². The number of aromatic amines is 1. The molecule has 4 heteroatoms. The summed E-state index contributed by atoms with van der Waals surface area (Å²) < 4.78 is 0. The molecular weight excluding hydrogens is 202 g/mol. The summed E-state index contributed by atoms with van der Waals surface area (Å²) in [6, 6.07) is 0. The molecule has 0 radical (unpaired) electrons. The topological polar surface area (TPSA) is 57.8 Å². The summed E-state index contributed by atoms with van der Waals surface area (Å²) in [4.78, 5) is 18.6. The number of imidazole rings is 1. The first-order valence-corrected chi connectivity index (χ1v) is 6.14. The number of carbonyl (C=O) groups is 1. The third-order valence-electron chi connectivity index (χ3n) is 3.20. The van der Waals surface area contributed by atoms with Crippen LogP contribution in [-0.2, 0) is 4.79 Å². The van der Waals surface area contributed by atoms with Crippen LogP contribution in [0.2, 0.25) is 0 Å². The van der Waals surface area contributed by atoms with E-state index in [0.717, 1.165) is 0 Å². The second-order valence-corrected chi connectivity index (χ2v) is 4.55. The van der Waals surface area contributed by atoms with Crippen LogP contribution >= 0.6 is 0 Å². The van der Waals surface area contributed by atoms with Crippen molar-refractivity contribution in [2.45, 2.75) is 44.9 Å². The molecule has 0 aromatic carbocycles. The third-order valence-corrected chi connectivity index (χ3v) is 3.20. The van der Waals surface area contributed by atoms with E-state index in [-0.39, 0.29) is 5.91 Å². The number of anilines is 1. The molecule has 16 heavy (non-hydrogen) atoms. The van der Waals surface area contributed by atoms with Gasteiger partial charge in [-0.2, -0.15) is 0 Å². The van der Waals surface area contributed by atoms with Crippen LogP contribution in [0.25, 0.3) is 0 Å². The van der Waals surface area contributed by atoms with Gasteiger partial charge in [0.2, 0.25) is 11.9 Å². The lowest BCUT2D eigenvalue weighted by Crippen LogP contribution is -2.17. The molecule has 1 aromatic rings. The van der Waals surface area contributed by atoms with Gasteiger partial charge in [-0.3, -0.25) is 10.1 Å². The van der Waals surface area contributed by atoms with Crippen molar-refractivity contribution in [1.82, 2.24) is 9.97 Å². The molecule has 0 spiro atoms. The highest BCUT2D eigenvalue weighted by Crippen LogP contribution is 2.25. The Kier molecular flexibility index (Phi) is 3.97. The summed E-state index contributed by atoms with van der Waals surface area (Å²) in [5.41, 5.74) is 0. The van der Waals surface area contributed by atoms with Crippen LogP contribution in [-0.4, -0.2) is 15.9 Å². The molecule has 1 amide bonds. The fourth-order valence-electron chi connectivity index (χ4n) is 2.35. The second-order valence-electron chi connectivity index (χ2n) is 4.55. The van der Waals surface area contributed by atoms with Crippen LogP contribution in [0.1, 0.15) is 44.9 Å². The Balaban J connectivity index is 1.77. The lowest BCUT2D eigenvalue weighted by atomic mass is 9.96. The average Bonchev–Trinajstić information content (AvgIpc) is 2.62. The molecular formula is C12H19N3O. The summed E-state index contributed by atoms with van der Waals surface area (Å²) in [5.74, 6) is 1.21. The zero-order chi connectivity index (χ0) is 11.2. The van der Waals surface area contributed by atoms with E-state index in [0.29, 0.717) is 18.3 Å². The molecule has 0 bridgehead atoms. The fraction of sp³-hybridized carbons (Fsp3) is 0.667. The molecule has 1 aliphatic rings. The van der Waals surface area contributed by atoms with Crippen molar-refractivity contribution in [3.63, 3.8) is 0 Å². The number of rotatable bonds is 3. The first kappa shape index (κ1) is 11.2. The van der Waals surface area contributed by atoms with Crippen molar-refractivity contribution in [2.75, 3.05) is 5.32 Å². The summed E-state index contributed by atoms with van der Waals surface area (Å²) in [7, 11) is 0. The van der Waals surface area contributed by atoms with E-state index in [9.17, 15) is 4.79 Å². The van der Waals surface area contributed by atoms with E-state index in [2.05, 4.69) is 15.3 Å². The Bertz CT molecular complexity index is 313. The number of nitrogens with one attached hydrogen (secondary N) is 2. The van der Waals surface area contributed by atoms with Gasteiger partial charge in [0.1, 0.15) is 0 Å². The standard InChI is InChI=1S/C12H19N3O/c16-11(15-12-13-7-8-14-12)9-10-5-3-1-2-4-6-10/h7-8,10H,1-6,9H2,(H2,13,14,15,16). The molecule has 1 heterocycles. The Morgan fingerprint density at radius 2 is 2.12 bits per heavy atom. The molecule has 1 fully saturated rings. The van der Waals surface area contributed by atoms with E-state index >= 15 is 0 Å². The molecule has 4 nitrogen and oxygen atoms in total. The van der Waals surface area contributed by atoms with E-state index in [1.807, 2.05) is 0 Å². The molecule has 0 atom stereocenters. The number of H-pyrrole nitrogens is 1. The molecule has 0 aliphatic heterocycles. The maximum absolute atomic E-state index is 11.7. The van der Waals surface area contributed by atoms with Gasteiger partial charge in [0.05, 0.1) is 0 Å². The van der Waals surface area contributed by atoms with Crippen LogP contribution in [0, 0.1) is 5.92 Å². The summed E-state index contributed by atoms with van der Waals surface area (Å²) in [5, 5.41) is 2.78. The van der Waals surface area contributed by atoms with Crippen molar-refractivity contribution in [3.05, 3.63) is 12.4 Å². The van der Waals surface area contributed by atoms with Gasteiger partial charge in [0, 0.05) is 18.8 Å². The van der Waals surface area contributed by atoms with Gasteiger partial charge in [0.25, 0.3) is 0 Å². The lowest BCUT2D eigenvalue weighted by molar-refractivity contribution is -0.117. The quantitative estimate of drug-likeness (QED) is 0.771. The molecule has 1 aromatic heterocycles. The molecule has 1 aliphatic carbocycles. The van der Waals surface area contributed by atoms with Crippen molar-refractivity contribution in [2.24, 2.45) is 5.92 Å². The first-order chi connectivity index (χ1) is 7.84. The van der Waals surface area contributed by atoms with Crippen molar-refractivity contribution in [1.29, 1.82) is 0 Å². The minimum Gasteiger partial charge on any atom is -0.331 e. The zero-order valence-corrected chi connectivity index (χ0v) is 9.54. The van der Waals surface area contributed by atoms with Crippen LogP contribution in [0.3, 0.4) is 0 Å². The number of nitrogens with zero attached hydrogens (tertiary/aromatic N) is 1. The minimum absolute atomic E-state index is 0.0850. The van der Waals surface area contributed by atoms with Gasteiger partial charge in [-0.05, 0) is 18.8 Å². The predicted molar refractivity (Wildman–Crippen MR) is 63.0 cm³/mol. The predicted octanol–water partition coefficient (Wildman–Crippen LogP) is 2.71. The molecule has 2 rings (SSSR count). The van der Waals surface area contributed by atoms with E-state index in [1.54, 1.807) is 12.4 Å². The zero-order valence-electron chi connectivity index (χ0n) is 9.54. The number of hydrogen-bond acceptors (Lipinski definition) is 2. The minimum atomic E-state index is 0.0850. The van der Waals surface area contributed by atoms with Gasteiger partial charge in [-0.1, -0.05) is 25.7 Å². The highest BCUT2D eigenvalue weighted by Gasteiger charge is 2.16. The van der Waals surface area contributed by atoms with Crippen molar-refractivity contribution >= 4 is 11.9 Å². The molecule has 2 N–H and O–H groups in total. The Hall–Kier alpha value is -1.32. The molecule has 1 saturated carbocycles. The van der Waals surface area contributed by atoms with Crippen LogP contribution < -0.4 is 5.32 Å². The van der Waals surface area contributed by atoms with Crippen LogP contribution in [0.5, 0.6) is 0 Å². The number of carbonyl (C=O) groups excluding carboxylic acids is 1. The molecule has 0 unspecified atom stereocenters.